The SMILES string of the molecule is CO[C@H]1C=CO[C@@]2(C)Oc3c(C)c(O)c4c(c3C2=O)C(=O)C=C(NC(=O)C(C)=CC=C[C@H](C)[C@H](O)[C@@H](C)[C@H](O)[C@H](C)[C@H](O)[C@@H]1C)C4=O. The number of carbonyl (C=O) groups is 4. The number of aliphatic hydroxyl groups is 3. The Hall–Kier alpha value is -4.10. The highest BCUT2D eigenvalue weighted by molar-refractivity contribution is 6.30. The Kier molecular flexibility index (Phi) is 10.3. The number of rotatable bonds is 1. The molecule has 0 saturated carbocycles. The number of hydrogen-bond acceptors (Lipinski definition) is 11. The van der Waals surface area contributed by atoms with Crippen LogP contribution in [0, 0.1) is 30.6 Å². The lowest BCUT2D eigenvalue weighted by Gasteiger charge is -2.36. The Balaban J connectivity index is 1.80. The summed E-state index contributed by atoms with van der Waals surface area (Å²) >= 11 is 0. The topological polar surface area (TPSA) is 189 Å². The minimum atomic E-state index is -2.00. The second-order valence-corrected chi connectivity index (χ2v) is 12.8. The molecule has 0 fully saturated rings. The second kappa shape index (κ2) is 13.6. The Labute approximate surface area is 273 Å². The number of phenols is 1. The Morgan fingerprint density at radius 3 is 2.13 bits per heavy atom. The van der Waals surface area contributed by atoms with Crippen molar-refractivity contribution >= 4 is 23.3 Å². The number of aliphatic hydroxyl groups excluding tert-OH is 3. The van der Waals surface area contributed by atoms with Gasteiger partial charge < -0.3 is 40.0 Å². The van der Waals surface area contributed by atoms with Crippen LogP contribution < -0.4 is 10.1 Å². The fourth-order valence-corrected chi connectivity index (χ4v) is 6.23. The zero-order valence-electron chi connectivity index (χ0n) is 27.7. The van der Waals surface area contributed by atoms with Crippen molar-refractivity contribution in [1.29, 1.82) is 0 Å². The number of carbonyl (C=O) groups excluding carboxylic acids is 4. The smallest absolute Gasteiger partial charge is 0.312 e. The van der Waals surface area contributed by atoms with E-state index in [2.05, 4.69) is 5.32 Å². The minimum absolute atomic E-state index is 0.0217. The van der Waals surface area contributed by atoms with Gasteiger partial charge in [-0.15, -0.1) is 0 Å². The number of methoxy groups -OCH3 is 1. The summed E-state index contributed by atoms with van der Waals surface area (Å²) in [6.45, 7) is 11.0. The monoisotopic (exact) mass is 653 g/mol. The van der Waals surface area contributed by atoms with E-state index in [0.717, 1.165) is 6.08 Å². The number of hydrogen-bond donors (Lipinski definition) is 5. The average Bonchev–Trinajstić information content (AvgIpc) is 3.30. The highest BCUT2D eigenvalue weighted by Gasteiger charge is 2.51. The van der Waals surface area contributed by atoms with Crippen LogP contribution in [0.2, 0.25) is 0 Å². The molecule has 1 amide bonds. The zero-order chi connectivity index (χ0) is 35.1. The molecule has 9 atom stereocenters. The summed E-state index contributed by atoms with van der Waals surface area (Å²) in [5.74, 6) is -8.23. The molecule has 0 spiro atoms. The number of allylic oxidation sites excluding steroid dienone is 4. The molecule has 1 aliphatic carbocycles. The van der Waals surface area contributed by atoms with Gasteiger partial charge in [-0.3, -0.25) is 19.2 Å². The van der Waals surface area contributed by atoms with Crippen molar-refractivity contribution in [3.05, 3.63) is 70.2 Å². The Morgan fingerprint density at radius 2 is 1.49 bits per heavy atom. The number of aromatic hydroxyl groups is 1. The molecular formula is C35H43NO11. The average molecular weight is 654 g/mol. The maximum Gasteiger partial charge on any atom is 0.312 e. The van der Waals surface area contributed by atoms with E-state index in [1.807, 2.05) is 0 Å². The molecule has 0 aromatic heterocycles. The summed E-state index contributed by atoms with van der Waals surface area (Å²) < 4.78 is 17.2. The summed E-state index contributed by atoms with van der Waals surface area (Å²) in [5.41, 5.74) is -1.24. The number of ketones is 3. The van der Waals surface area contributed by atoms with Gasteiger partial charge in [-0.1, -0.05) is 45.9 Å². The molecule has 0 saturated heterocycles. The van der Waals surface area contributed by atoms with Gasteiger partial charge in [0.2, 0.25) is 5.78 Å². The van der Waals surface area contributed by atoms with Gasteiger partial charge >= 0.3 is 5.79 Å². The maximum atomic E-state index is 13.8. The van der Waals surface area contributed by atoms with Gasteiger partial charge in [0, 0.05) is 54.9 Å². The molecule has 1 aromatic carbocycles. The Bertz CT molecular complexity index is 1600. The quantitative estimate of drug-likeness (QED) is 0.300. The highest BCUT2D eigenvalue weighted by Crippen LogP contribution is 2.47. The number of benzene rings is 1. The molecule has 5 N–H and O–H groups in total. The predicted molar refractivity (Wildman–Crippen MR) is 170 cm³/mol. The molecule has 47 heavy (non-hydrogen) atoms. The maximum absolute atomic E-state index is 13.8. The lowest BCUT2D eigenvalue weighted by atomic mass is 9.78. The highest BCUT2D eigenvalue weighted by atomic mass is 16.7. The van der Waals surface area contributed by atoms with E-state index in [0.29, 0.717) is 0 Å². The van der Waals surface area contributed by atoms with E-state index in [-0.39, 0.29) is 33.7 Å². The van der Waals surface area contributed by atoms with Crippen molar-refractivity contribution in [3.63, 3.8) is 0 Å². The molecule has 12 nitrogen and oxygen atoms in total. The number of fused-ring (bicyclic) bond motifs is 14. The number of ether oxygens (including phenoxy) is 3. The summed E-state index contributed by atoms with van der Waals surface area (Å²) in [6, 6.07) is 0. The van der Waals surface area contributed by atoms with Crippen LogP contribution in [0.5, 0.6) is 11.5 Å². The number of amides is 1. The van der Waals surface area contributed by atoms with Gasteiger partial charge in [0.1, 0.15) is 11.5 Å². The summed E-state index contributed by atoms with van der Waals surface area (Å²) in [6.07, 6.45) is 4.25. The van der Waals surface area contributed by atoms with E-state index in [4.69, 9.17) is 14.2 Å². The first-order valence-corrected chi connectivity index (χ1v) is 15.5. The molecule has 5 rings (SSSR count). The van der Waals surface area contributed by atoms with Crippen molar-refractivity contribution in [3.8, 4) is 11.5 Å². The molecule has 3 aliphatic heterocycles. The molecule has 3 heterocycles. The van der Waals surface area contributed by atoms with Crippen molar-refractivity contribution in [2.45, 2.75) is 78.7 Å². The summed E-state index contributed by atoms with van der Waals surface area (Å²) in [7, 11) is 1.42. The number of phenolic OH excluding ortho intramolecular Hbond substituents is 1. The molecule has 0 unspecified atom stereocenters. The van der Waals surface area contributed by atoms with E-state index < -0.39 is 88.4 Å². The first kappa shape index (κ1) is 35.7. The number of nitrogens with one attached hydrogen (secondary N) is 1. The first-order chi connectivity index (χ1) is 22.0. The van der Waals surface area contributed by atoms with Crippen molar-refractivity contribution in [1.82, 2.24) is 5.32 Å². The van der Waals surface area contributed by atoms with Crippen LogP contribution >= 0.6 is 0 Å². The fraction of sp³-hybridized carbons (Fsp3) is 0.486. The third-order valence-electron chi connectivity index (χ3n) is 9.54. The molecule has 5 bridgehead atoms. The van der Waals surface area contributed by atoms with Crippen molar-refractivity contribution < 1.29 is 53.8 Å². The van der Waals surface area contributed by atoms with Gasteiger partial charge in [-0.05, 0) is 19.9 Å². The second-order valence-electron chi connectivity index (χ2n) is 12.8. The van der Waals surface area contributed by atoms with E-state index >= 15 is 0 Å². The normalized spacial score (nSPS) is 33.6. The van der Waals surface area contributed by atoms with Crippen LogP contribution in [-0.2, 0) is 14.3 Å². The molecule has 12 heteroatoms. The molecule has 1 aromatic rings. The fourth-order valence-electron chi connectivity index (χ4n) is 6.23. The van der Waals surface area contributed by atoms with Crippen LogP contribution in [0.15, 0.2) is 47.9 Å². The largest absolute Gasteiger partial charge is 0.507 e. The van der Waals surface area contributed by atoms with Crippen LogP contribution in [0.3, 0.4) is 0 Å². The molecule has 4 aliphatic rings. The lowest BCUT2D eigenvalue weighted by Crippen LogP contribution is -2.44. The van der Waals surface area contributed by atoms with Gasteiger partial charge in [-0.2, -0.15) is 0 Å². The zero-order valence-corrected chi connectivity index (χ0v) is 27.7. The third kappa shape index (κ3) is 6.42. The third-order valence-corrected chi connectivity index (χ3v) is 9.54. The van der Waals surface area contributed by atoms with E-state index in [1.165, 1.54) is 46.3 Å². The molecule has 254 valence electrons. The van der Waals surface area contributed by atoms with Gasteiger partial charge in [0.25, 0.3) is 11.7 Å². The predicted octanol–water partition coefficient (Wildman–Crippen LogP) is 3.06. The van der Waals surface area contributed by atoms with Gasteiger partial charge in [-0.25, -0.2) is 0 Å². The van der Waals surface area contributed by atoms with Gasteiger partial charge in [0.05, 0.1) is 53.1 Å². The molecular weight excluding hydrogens is 610 g/mol. The molecule has 0 radical (unpaired) electrons. The van der Waals surface area contributed by atoms with Crippen molar-refractivity contribution in [2.24, 2.45) is 23.7 Å². The van der Waals surface area contributed by atoms with E-state index in [1.54, 1.807) is 39.8 Å². The lowest BCUT2D eigenvalue weighted by molar-refractivity contribution is -0.116. The summed E-state index contributed by atoms with van der Waals surface area (Å²) in [4.78, 5) is 53.7. The minimum Gasteiger partial charge on any atom is -0.507 e. The van der Waals surface area contributed by atoms with Gasteiger partial charge in [0.15, 0.2) is 5.78 Å². The van der Waals surface area contributed by atoms with E-state index in [9.17, 15) is 39.6 Å². The Morgan fingerprint density at radius 1 is 0.872 bits per heavy atom. The van der Waals surface area contributed by atoms with Crippen LogP contribution in [0.1, 0.15) is 78.2 Å². The number of Topliss-reactive ketones (excluding diaryl/α,β-unsaturated/α-hetero) is 2. The standard InChI is InChI=1S/C35H43NO11/c1-15-10-9-11-16(2)34(44)36-21-14-22(37)24-25(31(21)42)30(41)20(6)32-26(24)33(43)35(7,47-32)46-13-12-23(45-8)17(3)28(39)19(5)29(40)18(4)27(15)38/h9-15,17-19,23,27-29,38-41H,1-8H3,(H,36,44)/t15-,17+,18+,19+,23-,27-,28+,29-,35-/m0/s1. The first-order valence-electron chi connectivity index (χ1n) is 15.5. The van der Waals surface area contributed by atoms with Crippen LogP contribution in [-0.4, -0.2) is 81.0 Å². The summed E-state index contributed by atoms with van der Waals surface area (Å²) in [5, 5.41) is 46.8. The van der Waals surface area contributed by atoms with Crippen LogP contribution in [0.25, 0.3) is 0 Å². The van der Waals surface area contributed by atoms with Crippen LogP contribution in [0.4, 0.5) is 0 Å². The van der Waals surface area contributed by atoms with Crippen molar-refractivity contribution in [2.75, 3.05) is 7.11 Å².